The third kappa shape index (κ3) is 2.51. The van der Waals surface area contributed by atoms with Gasteiger partial charge in [0.25, 0.3) is 0 Å². The van der Waals surface area contributed by atoms with Crippen LogP contribution in [0.15, 0.2) is 48.5 Å². The summed E-state index contributed by atoms with van der Waals surface area (Å²) in [6.45, 7) is 6.43. The van der Waals surface area contributed by atoms with Gasteiger partial charge >= 0.3 is 0 Å². The molecule has 1 atom stereocenters. The summed E-state index contributed by atoms with van der Waals surface area (Å²) in [6.07, 6.45) is 0.957. The van der Waals surface area contributed by atoms with E-state index in [-0.39, 0.29) is 11.6 Å². The Hall–Kier alpha value is -1.96. The van der Waals surface area contributed by atoms with E-state index in [4.69, 9.17) is 4.74 Å². The Kier molecular flexibility index (Phi) is 3.17. The molecule has 0 bridgehead atoms. The summed E-state index contributed by atoms with van der Waals surface area (Å²) in [4.78, 5) is 0. The first-order valence-electron chi connectivity index (χ1n) is 7.15. The van der Waals surface area contributed by atoms with Gasteiger partial charge in [-0.15, -0.1) is 0 Å². The van der Waals surface area contributed by atoms with E-state index in [1.807, 2.05) is 6.07 Å². The Morgan fingerprint density at radius 1 is 1.05 bits per heavy atom. The van der Waals surface area contributed by atoms with Gasteiger partial charge in [0, 0.05) is 17.7 Å². The number of nitrogens with one attached hydrogen (secondary N) is 1. The fourth-order valence-corrected chi connectivity index (χ4v) is 2.85. The van der Waals surface area contributed by atoms with Crippen molar-refractivity contribution in [3.05, 3.63) is 59.7 Å². The van der Waals surface area contributed by atoms with E-state index in [1.54, 1.807) is 0 Å². The maximum absolute atomic E-state index is 6.08. The van der Waals surface area contributed by atoms with Crippen molar-refractivity contribution in [1.82, 2.24) is 0 Å². The van der Waals surface area contributed by atoms with Crippen LogP contribution in [0.25, 0.3) is 0 Å². The number of anilines is 1. The lowest BCUT2D eigenvalue weighted by Gasteiger charge is -2.38. The molecule has 1 aliphatic rings. The molecule has 2 aromatic carbocycles. The minimum Gasteiger partial charge on any atom is -0.487 e. The molecule has 1 heterocycles. The van der Waals surface area contributed by atoms with Crippen LogP contribution in [-0.2, 0) is 0 Å². The van der Waals surface area contributed by atoms with Crippen LogP contribution in [0.5, 0.6) is 5.75 Å². The zero-order valence-corrected chi connectivity index (χ0v) is 12.3. The third-order valence-electron chi connectivity index (χ3n) is 3.85. The Balaban J connectivity index is 1.95. The molecule has 3 rings (SSSR count). The normalized spacial score (nSPS) is 19.9. The van der Waals surface area contributed by atoms with Crippen LogP contribution in [0.1, 0.15) is 37.4 Å². The van der Waals surface area contributed by atoms with Gasteiger partial charge in [0.2, 0.25) is 0 Å². The van der Waals surface area contributed by atoms with Crippen molar-refractivity contribution in [2.24, 2.45) is 0 Å². The number of rotatable bonds is 2. The molecule has 104 valence electrons. The van der Waals surface area contributed by atoms with Gasteiger partial charge in [-0.3, -0.25) is 0 Å². The van der Waals surface area contributed by atoms with E-state index in [9.17, 15) is 0 Å². The molecule has 1 unspecified atom stereocenters. The maximum Gasteiger partial charge on any atom is 0.125 e. The van der Waals surface area contributed by atoms with Crippen molar-refractivity contribution in [3.8, 4) is 5.75 Å². The van der Waals surface area contributed by atoms with Crippen LogP contribution in [0.2, 0.25) is 0 Å². The maximum atomic E-state index is 6.08. The molecule has 0 fully saturated rings. The average molecular weight is 267 g/mol. The van der Waals surface area contributed by atoms with Gasteiger partial charge in [-0.25, -0.2) is 0 Å². The summed E-state index contributed by atoms with van der Waals surface area (Å²) in [5, 5.41) is 3.68. The van der Waals surface area contributed by atoms with E-state index in [0.717, 1.165) is 12.2 Å². The summed E-state index contributed by atoms with van der Waals surface area (Å²) < 4.78 is 6.08. The summed E-state index contributed by atoms with van der Waals surface area (Å²) in [7, 11) is 0. The molecule has 20 heavy (non-hydrogen) atoms. The number of para-hydroxylation sites is 2. The van der Waals surface area contributed by atoms with Crippen LogP contribution in [0, 0.1) is 6.92 Å². The topological polar surface area (TPSA) is 21.3 Å². The van der Waals surface area contributed by atoms with Crippen molar-refractivity contribution >= 4 is 5.69 Å². The monoisotopic (exact) mass is 267 g/mol. The smallest absolute Gasteiger partial charge is 0.125 e. The second-order valence-electron chi connectivity index (χ2n) is 6.12. The van der Waals surface area contributed by atoms with Crippen molar-refractivity contribution in [2.75, 3.05) is 5.32 Å². The lowest BCUT2D eigenvalue weighted by atomic mass is 9.89. The van der Waals surface area contributed by atoms with Crippen LogP contribution in [0.3, 0.4) is 0 Å². The summed E-state index contributed by atoms with van der Waals surface area (Å²) >= 11 is 0. The van der Waals surface area contributed by atoms with Gasteiger partial charge in [-0.2, -0.15) is 0 Å². The van der Waals surface area contributed by atoms with E-state index in [1.165, 1.54) is 16.8 Å². The Morgan fingerprint density at radius 2 is 1.75 bits per heavy atom. The molecule has 0 radical (unpaired) electrons. The van der Waals surface area contributed by atoms with Crippen molar-refractivity contribution in [3.63, 3.8) is 0 Å². The van der Waals surface area contributed by atoms with Crippen molar-refractivity contribution < 1.29 is 4.74 Å². The first kappa shape index (κ1) is 13.0. The first-order chi connectivity index (χ1) is 9.55. The number of hydrogen-bond donors (Lipinski definition) is 1. The molecule has 0 saturated carbocycles. The van der Waals surface area contributed by atoms with Crippen LogP contribution >= 0.6 is 0 Å². The molecule has 2 nitrogen and oxygen atoms in total. The van der Waals surface area contributed by atoms with Crippen LogP contribution in [0.4, 0.5) is 5.69 Å². The van der Waals surface area contributed by atoms with Crippen molar-refractivity contribution in [1.29, 1.82) is 0 Å². The Morgan fingerprint density at radius 3 is 2.55 bits per heavy atom. The summed E-state index contributed by atoms with van der Waals surface area (Å²) in [6, 6.07) is 17.0. The molecule has 0 amide bonds. The van der Waals surface area contributed by atoms with Crippen LogP contribution in [-0.4, -0.2) is 5.60 Å². The first-order valence-corrected chi connectivity index (χ1v) is 7.15. The van der Waals surface area contributed by atoms with E-state index < -0.39 is 0 Å². The molecule has 0 saturated heterocycles. The molecule has 1 N–H and O–H groups in total. The number of aryl methyl sites for hydroxylation is 1. The van der Waals surface area contributed by atoms with Gasteiger partial charge in [0.05, 0.1) is 6.04 Å². The summed E-state index contributed by atoms with van der Waals surface area (Å²) in [5.41, 5.74) is 3.57. The second-order valence-corrected chi connectivity index (χ2v) is 6.12. The number of ether oxygens (including phenoxy) is 1. The third-order valence-corrected chi connectivity index (χ3v) is 3.85. The number of benzene rings is 2. The lowest BCUT2D eigenvalue weighted by molar-refractivity contribution is 0.0759. The predicted molar refractivity (Wildman–Crippen MR) is 83.3 cm³/mol. The molecule has 0 aromatic heterocycles. The second kappa shape index (κ2) is 4.86. The fourth-order valence-electron chi connectivity index (χ4n) is 2.85. The van der Waals surface area contributed by atoms with E-state index in [2.05, 4.69) is 68.6 Å². The van der Waals surface area contributed by atoms with Crippen LogP contribution < -0.4 is 10.1 Å². The molecular formula is C18H21NO. The minimum absolute atomic E-state index is 0.144. The van der Waals surface area contributed by atoms with E-state index >= 15 is 0 Å². The average Bonchev–Trinajstić information content (AvgIpc) is 2.40. The molecule has 2 heteroatoms. The van der Waals surface area contributed by atoms with Gasteiger partial charge in [-0.1, -0.05) is 36.4 Å². The molecule has 0 aliphatic carbocycles. The fraction of sp³-hybridized carbons (Fsp3) is 0.333. The lowest BCUT2D eigenvalue weighted by Crippen LogP contribution is -2.37. The van der Waals surface area contributed by atoms with E-state index in [0.29, 0.717) is 0 Å². The highest BCUT2D eigenvalue weighted by Gasteiger charge is 2.33. The largest absolute Gasteiger partial charge is 0.487 e. The SMILES string of the molecule is Cc1ccccc1NC1CC(C)(C)Oc2ccccc21. The molecule has 1 aliphatic heterocycles. The minimum atomic E-state index is -0.144. The number of fused-ring (bicyclic) bond motifs is 1. The summed E-state index contributed by atoms with van der Waals surface area (Å²) in [5.74, 6) is 0.995. The molecule has 2 aromatic rings. The van der Waals surface area contributed by atoms with Gasteiger partial charge in [0.15, 0.2) is 0 Å². The standard InChI is InChI=1S/C18H21NO/c1-13-8-4-6-10-15(13)19-16-12-18(2,3)20-17-11-7-5-9-14(16)17/h4-11,16,19H,12H2,1-3H3. The molecule has 0 spiro atoms. The Bertz CT molecular complexity index is 618. The van der Waals surface area contributed by atoms with Gasteiger partial charge < -0.3 is 10.1 Å². The number of hydrogen-bond acceptors (Lipinski definition) is 2. The predicted octanol–water partition coefficient (Wildman–Crippen LogP) is 4.71. The Labute approximate surface area is 120 Å². The highest BCUT2D eigenvalue weighted by molar-refractivity contribution is 5.53. The molecular weight excluding hydrogens is 246 g/mol. The van der Waals surface area contributed by atoms with Gasteiger partial charge in [0.1, 0.15) is 11.4 Å². The van der Waals surface area contributed by atoms with Crippen molar-refractivity contribution in [2.45, 2.75) is 38.8 Å². The quantitative estimate of drug-likeness (QED) is 0.851. The van der Waals surface area contributed by atoms with Gasteiger partial charge in [-0.05, 0) is 38.5 Å². The highest BCUT2D eigenvalue weighted by atomic mass is 16.5. The zero-order valence-electron chi connectivity index (χ0n) is 12.3. The zero-order chi connectivity index (χ0) is 14.2. The highest BCUT2D eigenvalue weighted by Crippen LogP contribution is 2.41.